The number of ether oxygens (including phenoxy) is 4. The Balaban J connectivity index is 1.24. The molecule has 3 aromatic rings. The number of anilines is 1. The van der Waals surface area contributed by atoms with E-state index < -0.39 is 12.4 Å². The highest BCUT2D eigenvalue weighted by molar-refractivity contribution is 7.99. The van der Waals surface area contributed by atoms with Crippen LogP contribution >= 0.6 is 11.8 Å². The standard InChI is InChI=1S/C22H18F2N4O5S/c1-2-9-28-20(18-11-30-14-5-3-4-6-15(14)31-18)26-27-21(28)34-12-19(29)25-13-7-8-16-17(10-13)33-22(23,24)32-16/h2-8,10,18H,1,9,11-12H2,(H,25,29). The number of aromatic nitrogens is 3. The van der Waals surface area contributed by atoms with Gasteiger partial charge < -0.3 is 24.3 Å². The van der Waals surface area contributed by atoms with Crippen LogP contribution in [-0.4, -0.2) is 39.3 Å². The van der Waals surface area contributed by atoms with E-state index in [-0.39, 0.29) is 29.8 Å². The fourth-order valence-electron chi connectivity index (χ4n) is 3.45. The Hall–Kier alpha value is -3.80. The molecule has 9 nitrogen and oxygen atoms in total. The summed E-state index contributed by atoms with van der Waals surface area (Å²) in [5, 5.41) is 11.6. The van der Waals surface area contributed by atoms with E-state index in [9.17, 15) is 13.6 Å². The van der Waals surface area contributed by atoms with Crippen molar-refractivity contribution in [2.75, 3.05) is 17.7 Å². The first-order chi connectivity index (χ1) is 16.4. The Labute approximate surface area is 196 Å². The van der Waals surface area contributed by atoms with E-state index >= 15 is 0 Å². The monoisotopic (exact) mass is 488 g/mol. The van der Waals surface area contributed by atoms with Crippen molar-refractivity contribution < 1.29 is 32.5 Å². The molecule has 2 aliphatic heterocycles. The van der Waals surface area contributed by atoms with Gasteiger partial charge in [0.15, 0.2) is 40.1 Å². The van der Waals surface area contributed by atoms with Crippen molar-refractivity contribution in [1.82, 2.24) is 14.8 Å². The third-order valence-corrected chi connectivity index (χ3v) is 5.84. The molecule has 1 aromatic heterocycles. The minimum Gasteiger partial charge on any atom is -0.485 e. The number of nitrogens with one attached hydrogen (secondary N) is 1. The van der Waals surface area contributed by atoms with Crippen LogP contribution in [0.1, 0.15) is 11.9 Å². The van der Waals surface area contributed by atoms with Crippen molar-refractivity contribution >= 4 is 23.4 Å². The van der Waals surface area contributed by atoms with Crippen LogP contribution in [0.4, 0.5) is 14.5 Å². The van der Waals surface area contributed by atoms with Crippen LogP contribution < -0.4 is 24.3 Å². The zero-order valence-electron chi connectivity index (χ0n) is 17.6. The Kier molecular flexibility index (Phi) is 5.74. The maximum absolute atomic E-state index is 13.2. The molecular formula is C22H18F2N4O5S. The topological polar surface area (TPSA) is 96.7 Å². The number of amides is 1. The smallest absolute Gasteiger partial charge is 0.485 e. The molecule has 3 heterocycles. The van der Waals surface area contributed by atoms with E-state index in [1.165, 1.54) is 30.0 Å². The summed E-state index contributed by atoms with van der Waals surface area (Å²) in [5.41, 5.74) is 0.297. The Morgan fingerprint density at radius 1 is 1.18 bits per heavy atom. The first kappa shape index (κ1) is 22.0. The maximum atomic E-state index is 13.2. The van der Waals surface area contributed by atoms with Crippen LogP contribution in [0.3, 0.4) is 0 Å². The van der Waals surface area contributed by atoms with Crippen LogP contribution in [0.15, 0.2) is 60.3 Å². The van der Waals surface area contributed by atoms with Gasteiger partial charge in [-0.3, -0.25) is 9.36 Å². The fourth-order valence-corrected chi connectivity index (χ4v) is 4.20. The normalized spacial score (nSPS) is 17.3. The SMILES string of the molecule is C=CCn1c(SCC(=O)Nc2ccc3c(c2)OC(F)(F)O3)nnc1C1COc2ccccc2O1. The van der Waals surface area contributed by atoms with E-state index in [1.807, 2.05) is 24.3 Å². The van der Waals surface area contributed by atoms with Gasteiger partial charge in [0.2, 0.25) is 5.91 Å². The number of rotatable bonds is 7. The fraction of sp³-hybridized carbons (Fsp3) is 0.227. The molecule has 0 saturated carbocycles. The van der Waals surface area contributed by atoms with Gasteiger partial charge in [-0.05, 0) is 24.3 Å². The first-order valence-corrected chi connectivity index (χ1v) is 11.2. The van der Waals surface area contributed by atoms with Gasteiger partial charge in [0, 0.05) is 18.3 Å². The predicted octanol–water partition coefficient (Wildman–Crippen LogP) is 4.03. The van der Waals surface area contributed by atoms with Crippen molar-refractivity contribution in [2.24, 2.45) is 0 Å². The van der Waals surface area contributed by atoms with Gasteiger partial charge in [0.25, 0.3) is 0 Å². The summed E-state index contributed by atoms with van der Waals surface area (Å²) >= 11 is 1.17. The molecule has 5 rings (SSSR count). The van der Waals surface area contributed by atoms with Crippen LogP contribution in [0.2, 0.25) is 0 Å². The molecule has 0 bridgehead atoms. The molecule has 1 unspecified atom stereocenters. The Morgan fingerprint density at radius 3 is 2.79 bits per heavy atom. The number of nitrogens with zero attached hydrogens (tertiary/aromatic N) is 3. The summed E-state index contributed by atoms with van der Waals surface area (Å²) < 4.78 is 48.7. The predicted molar refractivity (Wildman–Crippen MR) is 118 cm³/mol. The minimum atomic E-state index is -3.72. The summed E-state index contributed by atoms with van der Waals surface area (Å²) in [6.07, 6.45) is -2.50. The molecule has 1 atom stereocenters. The molecule has 2 aliphatic rings. The van der Waals surface area contributed by atoms with Gasteiger partial charge in [-0.25, -0.2) is 0 Å². The summed E-state index contributed by atoms with van der Waals surface area (Å²) in [6.45, 7) is 4.45. The number of para-hydroxylation sites is 2. The van der Waals surface area contributed by atoms with Crippen molar-refractivity contribution in [2.45, 2.75) is 24.1 Å². The second-order valence-electron chi connectivity index (χ2n) is 7.27. The lowest BCUT2D eigenvalue weighted by atomic mass is 10.2. The molecule has 176 valence electrons. The highest BCUT2D eigenvalue weighted by Gasteiger charge is 2.43. The maximum Gasteiger partial charge on any atom is 0.586 e. The summed E-state index contributed by atoms with van der Waals surface area (Å²) in [5.74, 6) is 1.21. The van der Waals surface area contributed by atoms with E-state index in [4.69, 9.17) is 9.47 Å². The third kappa shape index (κ3) is 4.49. The number of hydrogen-bond acceptors (Lipinski definition) is 8. The summed E-state index contributed by atoms with van der Waals surface area (Å²) in [6, 6.07) is 11.4. The second-order valence-corrected chi connectivity index (χ2v) is 8.21. The van der Waals surface area contributed by atoms with E-state index in [0.717, 1.165) is 0 Å². The highest BCUT2D eigenvalue weighted by atomic mass is 32.2. The minimum absolute atomic E-state index is 0.00470. The number of halogens is 2. The van der Waals surface area contributed by atoms with Crippen molar-refractivity contribution in [3.8, 4) is 23.0 Å². The molecule has 1 N–H and O–H groups in total. The molecule has 1 amide bonds. The number of carbonyl (C=O) groups excluding carboxylic acids is 1. The first-order valence-electron chi connectivity index (χ1n) is 10.2. The van der Waals surface area contributed by atoms with Gasteiger partial charge in [-0.15, -0.1) is 25.6 Å². The second kappa shape index (κ2) is 8.86. The van der Waals surface area contributed by atoms with E-state index in [2.05, 4.69) is 31.6 Å². The number of carbonyl (C=O) groups is 1. The average Bonchev–Trinajstić information content (AvgIpc) is 3.36. The van der Waals surface area contributed by atoms with Crippen LogP contribution in [0, 0.1) is 0 Å². The zero-order chi connectivity index (χ0) is 23.7. The molecule has 0 aliphatic carbocycles. The number of hydrogen-bond donors (Lipinski definition) is 1. The summed E-state index contributed by atoms with van der Waals surface area (Å²) in [4.78, 5) is 12.5. The molecule has 2 aromatic carbocycles. The summed E-state index contributed by atoms with van der Waals surface area (Å²) in [7, 11) is 0. The molecule has 0 fully saturated rings. The lowest BCUT2D eigenvalue weighted by Crippen LogP contribution is -2.25. The van der Waals surface area contributed by atoms with Crippen molar-refractivity contribution in [3.05, 3.63) is 60.9 Å². The highest BCUT2D eigenvalue weighted by Crippen LogP contribution is 2.42. The molecule has 0 radical (unpaired) electrons. The van der Waals surface area contributed by atoms with Gasteiger partial charge in [0.1, 0.15) is 6.61 Å². The van der Waals surface area contributed by atoms with Gasteiger partial charge in [0.05, 0.1) is 5.75 Å². The number of alkyl halides is 2. The van der Waals surface area contributed by atoms with Crippen LogP contribution in [-0.2, 0) is 11.3 Å². The van der Waals surface area contributed by atoms with E-state index in [1.54, 1.807) is 10.6 Å². The molecule has 12 heteroatoms. The van der Waals surface area contributed by atoms with E-state index in [0.29, 0.717) is 34.7 Å². The number of benzene rings is 2. The van der Waals surface area contributed by atoms with Gasteiger partial charge >= 0.3 is 6.29 Å². The third-order valence-electron chi connectivity index (χ3n) is 4.87. The van der Waals surface area contributed by atoms with Crippen LogP contribution in [0.25, 0.3) is 0 Å². The van der Waals surface area contributed by atoms with Gasteiger partial charge in [-0.1, -0.05) is 30.0 Å². The quantitative estimate of drug-likeness (QED) is 0.393. The molecule has 0 saturated heterocycles. The Morgan fingerprint density at radius 2 is 1.97 bits per heavy atom. The number of allylic oxidation sites excluding steroid dienone is 1. The zero-order valence-corrected chi connectivity index (χ0v) is 18.4. The van der Waals surface area contributed by atoms with Crippen molar-refractivity contribution in [3.63, 3.8) is 0 Å². The average molecular weight is 488 g/mol. The molecule has 34 heavy (non-hydrogen) atoms. The Bertz CT molecular complexity index is 1250. The molecule has 0 spiro atoms. The largest absolute Gasteiger partial charge is 0.586 e. The number of thioether (sulfide) groups is 1. The van der Waals surface area contributed by atoms with Crippen molar-refractivity contribution in [1.29, 1.82) is 0 Å². The molecular weight excluding hydrogens is 470 g/mol. The van der Waals surface area contributed by atoms with Crippen LogP contribution in [0.5, 0.6) is 23.0 Å². The number of fused-ring (bicyclic) bond motifs is 2. The lowest BCUT2D eigenvalue weighted by molar-refractivity contribution is -0.286. The lowest BCUT2D eigenvalue weighted by Gasteiger charge is -2.26. The van der Waals surface area contributed by atoms with Gasteiger partial charge in [-0.2, -0.15) is 0 Å².